The van der Waals surface area contributed by atoms with E-state index < -0.39 is 10.0 Å². The standard InChI is InChI=1S/C19H21N3O3S3/c1-13(2)22-28(24,25)12-15-7-5-14(6-8-15)10-20-18(23)17-11-21-19(27-17)16-4-3-9-26-16/h3-9,11,13,22H,10,12H2,1-2H3,(H,20,23). The number of thiazole rings is 1. The minimum atomic E-state index is -3.35. The lowest BCUT2D eigenvalue weighted by Gasteiger charge is -2.10. The SMILES string of the molecule is CC(C)NS(=O)(=O)Cc1ccc(CNC(=O)c2cnc(-c3cccs3)s2)cc1. The van der Waals surface area contributed by atoms with E-state index >= 15 is 0 Å². The van der Waals surface area contributed by atoms with Crippen molar-refractivity contribution in [1.82, 2.24) is 15.0 Å². The molecule has 0 aliphatic rings. The highest BCUT2D eigenvalue weighted by molar-refractivity contribution is 7.88. The van der Waals surface area contributed by atoms with Crippen molar-refractivity contribution in [2.24, 2.45) is 0 Å². The van der Waals surface area contributed by atoms with Gasteiger partial charge in [-0.05, 0) is 36.4 Å². The summed E-state index contributed by atoms with van der Waals surface area (Å²) in [5, 5.41) is 5.68. The molecule has 0 spiro atoms. The number of thiophene rings is 1. The van der Waals surface area contributed by atoms with Crippen molar-refractivity contribution in [3.8, 4) is 9.88 Å². The van der Waals surface area contributed by atoms with Gasteiger partial charge in [0.05, 0.1) is 16.8 Å². The Hall–Kier alpha value is -2.07. The zero-order valence-electron chi connectivity index (χ0n) is 15.5. The summed E-state index contributed by atoms with van der Waals surface area (Å²) in [4.78, 5) is 18.2. The van der Waals surface area contributed by atoms with Gasteiger partial charge in [-0.2, -0.15) is 0 Å². The Morgan fingerprint density at radius 3 is 2.50 bits per heavy atom. The minimum absolute atomic E-state index is 0.0653. The van der Waals surface area contributed by atoms with Crippen LogP contribution in [0.15, 0.2) is 48.0 Å². The van der Waals surface area contributed by atoms with Crippen LogP contribution < -0.4 is 10.0 Å². The van der Waals surface area contributed by atoms with Crippen molar-refractivity contribution in [1.29, 1.82) is 0 Å². The number of nitrogens with one attached hydrogen (secondary N) is 2. The first-order valence-electron chi connectivity index (χ1n) is 8.68. The van der Waals surface area contributed by atoms with E-state index in [4.69, 9.17) is 0 Å². The number of hydrogen-bond donors (Lipinski definition) is 2. The largest absolute Gasteiger partial charge is 0.347 e. The molecule has 0 fully saturated rings. The molecule has 0 saturated heterocycles. The van der Waals surface area contributed by atoms with Gasteiger partial charge in [0, 0.05) is 12.6 Å². The fourth-order valence-electron chi connectivity index (χ4n) is 2.54. The molecule has 0 unspecified atom stereocenters. The summed E-state index contributed by atoms with van der Waals surface area (Å²) < 4.78 is 26.5. The number of amides is 1. The molecule has 1 aromatic carbocycles. The summed E-state index contributed by atoms with van der Waals surface area (Å²) >= 11 is 2.95. The molecule has 3 aromatic rings. The maximum atomic E-state index is 12.3. The van der Waals surface area contributed by atoms with Crippen molar-refractivity contribution in [3.05, 3.63) is 64.0 Å². The van der Waals surface area contributed by atoms with Crippen LogP contribution in [0.4, 0.5) is 0 Å². The van der Waals surface area contributed by atoms with Crippen LogP contribution in [0, 0.1) is 0 Å². The second kappa shape index (κ2) is 8.95. The van der Waals surface area contributed by atoms with Gasteiger partial charge < -0.3 is 5.32 Å². The second-order valence-corrected chi connectivity index (χ2v) is 10.3. The van der Waals surface area contributed by atoms with Crippen LogP contribution in [0.3, 0.4) is 0 Å². The van der Waals surface area contributed by atoms with E-state index in [9.17, 15) is 13.2 Å². The molecule has 148 valence electrons. The number of rotatable bonds is 8. The normalized spacial score (nSPS) is 11.7. The molecule has 0 aliphatic heterocycles. The topological polar surface area (TPSA) is 88.2 Å². The predicted octanol–water partition coefficient (Wildman–Crippen LogP) is 3.63. The number of hydrogen-bond acceptors (Lipinski definition) is 6. The van der Waals surface area contributed by atoms with E-state index in [1.165, 1.54) is 11.3 Å². The van der Waals surface area contributed by atoms with E-state index in [0.29, 0.717) is 17.0 Å². The number of carbonyl (C=O) groups is 1. The number of nitrogens with zero attached hydrogens (tertiary/aromatic N) is 1. The molecule has 0 saturated carbocycles. The molecule has 0 aliphatic carbocycles. The van der Waals surface area contributed by atoms with Crippen LogP contribution in [0.2, 0.25) is 0 Å². The van der Waals surface area contributed by atoms with E-state index in [1.54, 1.807) is 43.5 Å². The number of benzene rings is 1. The Morgan fingerprint density at radius 1 is 1.14 bits per heavy atom. The zero-order chi connectivity index (χ0) is 20.1. The Kier molecular flexibility index (Phi) is 6.61. The fraction of sp³-hybridized carbons (Fsp3) is 0.263. The Labute approximate surface area is 172 Å². The Morgan fingerprint density at radius 2 is 1.86 bits per heavy atom. The minimum Gasteiger partial charge on any atom is -0.347 e. The van der Waals surface area contributed by atoms with Crippen LogP contribution in [-0.4, -0.2) is 25.4 Å². The lowest BCUT2D eigenvalue weighted by atomic mass is 10.1. The number of aromatic nitrogens is 1. The molecular weight excluding hydrogens is 414 g/mol. The molecule has 28 heavy (non-hydrogen) atoms. The smallest absolute Gasteiger partial charge is 0.263 e. The number of carbonyl (C=O) groups excluding carboxylic acids is 1. The van der Waals surface area contributed by atoms with Gasteiger partial charge in [-0.15, -0.1) is 22.7 Å². The van der Waals surface area contributed by atoms with Crippen LogP contribution in [0.25, 0.3) is 9.88 Å². The molecule has 1 amide bonds. The highest BCUT2D eigenvalue weighted by Crippen LogP contribution is 2.28. The van der Waals surface area contributed by atoms with Gasteiger partial charge in [0.15, 0.2) is 0 Å². The average Bonchev–Trinajstić information content (AvgIpc) is 3.30. The van der Waals surface area contributed by atoms with Gasteiger partial charge in [0.1, 0.15) is 9.88 Å². The third-order valence-corrected chi connectivity index (χ3v) is 7.29. The molecule has 0 atom stereocenters. The van der Waals surface area contributed by atoms with E-state index in [1.807, 2.05) is 29.6 Å². The van der Waals surface area contributed by atoms with Crippen LogP contribution in [0.1, 0.15) is 34.6 Å². The Balaban J connectivity index is 1.55. The first-order chi connectivity index (χ1) is 13.3. The van der Waals surface area contributed by atoms with Gasteiger partial charge in [0.2, 0.25) is 10.0 Å². The zero-order valence-corrected chi connectivity index (χ0v) is 18.0. The van der Waals surface area contributed by atoms with Crippen molar-refractivity contribution in [2.75, 3.05) is 0 Å². The molecule has 9 heteroatoms. The Bertz CT molecular complexity index is 1020. The van der Waals surface area contributed by atoms with E-state index in [-0.39, 0.29) is 17.7 Å². The third-order valence-electron chi connectivity index (χ3n) is 3.71. The monoisotopic (exact) mass is 435 g/mol. The quantitative estimate of drug-likeness (QED) is 0.566. The first-order valence-corrected chi connectivity index (χ1v) is 12.0. The molecule has 2 heterocycles. The lowest BCUT2D eigenvalue weighted by molar-refractivity contribution is 0.0954. The van der Waals surface area contributed by atoms with Gasteiger partial charge in [-0.25, -0.2) is 18.1 Å². The molecule has 3 rings (SSSR count). The maximum Gasteiger partial charge on any atom is 0.263 e. The van der Waals surface area contributed by atoms with Gasteiger partial charge in [-0.1, -0.05) is 30.3 Å². The molecule has 2 aromatic heterocycles. The molecular formula is C19H21N3O3S3. The lowest BCUT2D eigenvalue weighted by Crippen LogP contribution is -2.31. The summed E-state index contributed by atoms with van der Waals surface area (Å²) in [6, 6.07) is 11.0. The molecule has 6 nitrogen and oxygen atoms in total. The van der Waals surface area contributed by atoms with Crippen LogP contribution >= 0.6 is 22.7 Å². The summed E-state index contributed by atoms with van der Waals surface area (Å²) in [6.45, 7) is 3.94. The summed E-state index contributed by atoms with van der Waals surface area (Å²) in [7, 11) is -3.35. The first kappa shape index (κ1) is 20.7. The summed E-state index contributed by atoms with van der Waals surface area (Å²) in [5.74, 6) is -0.238. The van der Waals surface area contributed by atoms with Gasteiger partial charge in [-0.3, -0.25) is 4.79 Å². The van der Waals surface area contributed by atoms with Crippen LogP contribution in [0.5, 0.6) is 0 Å². The third kappa shape index (κ3) is 5.71. The average molecular weight is 436 g/mol. The van der Waals surface area contributed by atoms with Crippen molar-refractivity contribution < 1.29 is 13.2 Å². The molecule has 2 N–H and O–H groups in total. The van der Waals surface area contributed by atoms with Gasteiger partial charge >= 0.3 is 0 Å². The number of sulfonamides is 1. The second-order valence-electron chi connectivity index (χ2n) is 6.54. The molecule has 0 radical (unpaired) electrons. The highest BCUT2D eigenvalue weighted by Gasteiger charge is 2.14. The fourth-order valence-corrected chi connectivity index (χ4v) is 5.61. The van der Waals surface area contributed by atoms with Crippen molar-refractivity contribution in [2.45, 2.75) is 32.2 Å². The van der Waals surface area contributed by atoms with Crippen LogP contribution in [-0.2, 0) is 22.3 Å². The predicted molar refractivity (Wildman–Crippen MR) is 114 cm³/mol. The summed E-state index contributed by atoms with van der Waals surface area (Å²) in [5.41, 5.74) is 1.60. The maximum absolute atomic E-state index is 12.3. The van der Waals surface area contributed by atoms with Gasteiger partial charge in [0.25, 0.3) is 5.91 Å². The van der Waals surface area contributed by atoms with Crippen molar-refractivity contribution in [3.63, 3.8) is 0 Å². The molecule has 0 bridgehead atoms. The van der Waals surface area contributed by atoms with E-state index in [2.05, 4.69) is 15.0 Å². The summed E-state index contributed by atoms with van der Waals surface area (Å²) in [6.07, 6.45) is 1.59. The highest BCUT2D eigenvalue weighted by atomic mass is 32.2. The van der Waals surface area contributed by atoms with Crippen molar-refractivity contribution >= 4 is 38.6 Å². The van der Waals surface area contributed by atoms with E-state index in [0.717, 1.165) is 15.4 Å².